The molecule has 0 N–H and O–H groups in total. The molecule has 3 aromatic rings. The van der Waals surface area contributed by atoms with Gasteiger partial charge in [-0.25, -0.2) is 0 Å². The van der Waals surface area contributed by atoms with Gasteiger partial charge in [0.25, 0.3) is 0 Å². The van der Waals surface area contributed by atoms with E-state index in [9.17, 15) is 5.26 Å². The summed E-state index contributed by atoms with van der Waals surface area (Å²) in [6.07, 6.45) is 1.95. The highest BCUT2D eigenvalue weighted by molar-refractivity contribution is 8.01. The highest BCUT2D eigenvalue weighted by Gasteiger charge is 2.05. The molecule has 0 saturated carbocycles. The van der Waals surface area contributed by atoms with E-state index in [1.54, 1.807) is 23.1 Å². The van der Waals surface area contributed by atoms with Crippen LogP contribution in [0.4, 0.5) is 0 Å². The number of nitriles is 1. The Morgan fingerprint density at radius 3 is 2.42 bits per heavy atom. The van der Waals surface area contributed by atoms with E-state index >= 15 is 0 Å². The summed E-state index contributed by atoms with van der Waals surface area (Å²) in [6.45, 7) is 2.04. The van der Waals surface area contributed by atoms with Crippen LogP contribution in [0.3, 0.4) is 0 Å². The Morgan fingerprint density at radius 1 is 1.04 bits per heavy atom. The number of thiophene rings is 1. The quantitative estimate of drug-likeness (QED) is 0.467. The van der Waals surface area contributed by atoms with E-state index in [0.29, 0.717) is 5.57 Å². The zero-order chi connectivity index (χ0) is 16.9. The smallest absolute Gasteiger partial charge is 0.0998 e. The SMILES string of the molecule is Cc1ccc(/C(C#N)=C\c2ccc(Sc3ccc(Cl)cc3)s2)cc1. The third-order valence-corrected chi connectivity index (χ3v) is 5.83. The Morgan fingerprint density at radius 2 is 1.75 bits per heavy atom. The molecule has 0 aliphatic carbocycles. The number of benzene rings is 2. The molecule has 0 aliphatic rings. The Kier molecular flexibility index (Phi) is 5.42. The molecule has 0 unspecified atom stereocenters. The van der Waals surface area contributed by atoms with Gasteiger partial charge in [0, 0.05) is 14.8 Å². The monoisotopic (exact) mass is 367 g/mol. The second-order valence-electron chi connectivity index (χ2n) is 5.25. The van der Waals surface area contributed by atoms with Crippen LogP contribution in [-0.2, 0) is 0 Å². The molecule has 0 atom stereocenters. The number of allylic oxidation sites excluding steroid dienone is 1. The van der Waals surface area contributed by atoms with Crippen LogP contribution in [0.5, 0.6) is 0 Å². The minimum atomic E-state index is 0.680. The summed E-state index contributed by atoms with van der Waals surface area (Å²) in [5.41, 5.74) is 2.82. The summed E-state index contributed by atoms with van der Waals surface area (Å²) in [7, 11) is 0. The van der Waals surface area contributed by atoms with Crippen molar-refractivity contribution in [3.05, 3.63) is 81.7 Å². The molecule has 0 radical (unpaired) electrons. The van der Waals surface area contributed by atoms with Gasteiger partial charge in [-0.1, -0.05) is 53.2 Å². The Labute approximate surface area is 155 Å². The maximum Gasteiger partial charge on any atom is 0.0998 e. The molecule has 0 fully saturated rings. The first-order valence-corrected chi connectivity index (χ1v) is 9.37. The summed E-state index contributed by atoms with van der Waals surface area (Å²) < 4.78 is 1.18. The highest BCUT2D eigenvalue weighted by Crippen LogP contribution is 2.35. The molecule has 0 aliphatic heterocycles. The largest absolute Gasteiger partial charge is 0.192 e. The van der Waals surface area contributed by atoms with Crippen LogP contribution in [0.2, 0.25) is 5.02 Å². The van der Waals surface area contributed by atoms with Gasteiger partial charge < -0.3 is 0 Å². The number of halogens is 1. The maximum atomic E-state index is 9.45. The normalized spacial score (nSPS) is 11.3. The number of hydrogen-bond acceptors (Lipinski definition) is 3. The van der Waals surface area contributed by atoms with Crippen molar-refractivity contribution in [3.63, 3.8) is 0 Å². The lowest BCUT2D eigenvalue weighted by molar-refractivity contribution is 1.45. The van der Waals surface area contributed by atoms with E-state index in [-0.39, 0.29) is 0 Å². The summed E-state index contributed by atoms with van der Waals surface area (Å²) in [4.78, 5) is 2.22. The molecule has 1 heterocycles. The molecular weight excluding hydrogens is 354 g/mol. The van der Waals surface area contributed by atoms with Crippen LogP contribution >= 0.6 is 34.7 Å². The van der Waals surface area contributed by atoms with Crippen molar-refractivity contribution in [2.75, 3.05) is 0 Å². The van der Waals surface area contributed by atoms with Gasteiger partial charge in [0.15, 0.2) is 0 Å². The molecule has 24 heavy (non-hydrogen) atoms. The van der Waals surface area contributed by atoms with E-state index in [0.717, 1.165) is 20.4 Å². The van der Waals surface area contributed by atoms with Crippen LogP contribution in [0.1, 0.15) is 16.0 Å². The molecule has 0 saturated heterocycles. The predicted molar refractivity (Wildman–Crippen MR) is 105 cm³/mol. The van der Waals surface area contributed by atoms with E-state index in [1.807, 2.05) is 61.5 Å². The highest BCUT2D eigenvalue weighted by atomic mass is 35.5. The third kappa shape index (κ3) is 4.30. The van der Waals surface area contributed by atoms with Crippen molar-refractivity contribution in [2.45, 2.75) is 16.0 Å². The average Bonchev–Trinajstić information content (AvgIpc) is 3.03. The molecule has 4 heteroatoms. The lowest BCUT2D eigenvalue weighted by Crippen LogP contribution is -1.81. The van der Waals surface area contributed by atoms with Crippen LogP contribution in [-0.4, -0.2) is 0 Å². The van der Waals surface area contributed by atoms with Gasteiger partial charge in [0.2, 0.25) is 0 Å². The summed E-state index contributed by atoms with van der Waals surface area (Å²) in [5.74, 6) is 0. The molecule has 1 nitrogen and oxygen atoms in total. The van der Waals surface area contributed by atoms with E-state index < -0.39 is 0 Å². The molecule has 118 valence electrons. The van der Waals surface area contributed by atoms with Gasteiger partial charge in [0.05, 0.1) is 15.9 Å². The van der Waals surface area contributed by atoms with Crippen molar-refractivity contribution in [3.8, 4) is 6.07 Å². The lowest BCUT2D eigenvalue weighted by Gasteiger charge is -1.99. The lowest BCUT2D eigenvalue weighted by atomic mass is 10.0. The summed E-state index contributed by atoms with van der Waals surface area (Å²) >= 11 is 9.29. The molecule has 0 spiro atoms. The first-order chi connectivity index (χ1) is 11.6. The van der Waals surface area contributed by atoms with Gasteiger partial charge in [-0.05, 0) is 55.0 Å². The zero-order valence-electron chi connectivity index (χ0n) is 13.0. The van der Waals surface area contributed by atoms with Gasteiger partial charge in [-0.3, -0.25) is 0 Å². The van der Waals surface area contributed by atoms with Crippen molar-refractivity contribution in [1.29, 1.82) is 5.26 Å². The minimum absolute atomic E-state index is 0.680. The van der Waals surface area contributed by atoms with Gasteiger partial charge in [-0.15, -0.1) is 11.3 Å². The van der Waals surface area contributed by atoms with Gasteiger partial charge in [-0.2, -0.15) is 5.26 Å². The number of hydrogen-bond donors (Lipinski definition) is 0. The number of aryl methyl sites for hydroxylation is 1. The van der Waals surface area contributed by atoms with Gasteiger partial charge in [0.1, 0.15) is 0 Å². The molecule has 0 bridgehead atoms. The van der Waals surface area contributed by atoms with Crippen LogP contribution in [0.25, 0.3) is 11.6 Å². The first-order valence-electron chi connectivity index (χ1n) is 7.36. The zero-order valence-corrected chi connectivity index (χ0v) is 15.4. The number of rotatable bonds is 4. The Hall–Kier alpha value is -1.99. The molecule has 2 aromatic carbocycles. The van der Waals surface area contributed by atoms with E-state index in [2.05, 4.69) is 18.2 Å². The summed E-state index contributed by atoms with van der Waals surface area (Å²) in [6, 6.07) is 22.3. The van der Waals surface area contributed by atoms with Crippen molar-refractivity contribution in [1.82, 2.24) is 0 Å². The summed E-state index contributed by atoms with van der Waals surface area (Å²) in [5, 5.41) is 10.2. The topological polar surface area (TPSA) is 23.8 Å². The van der Waals surface area contributed by atoms with Gasteiger partial charge >= 0.3 is 0 Å². The maximum absolute atomic E-state index is 9.45. The number of nitrogens with zero attached hydrogens (tertiary/aromatic N) is 1. The standard InChI is InChI=1S/C20H14ClNS2/c1-14-2-4-15(5-3-14)16(13-22)12-19-10-11-20(24-19)23-18-8-6-17(21)7-9-18/h2-12H,1H3/b16-12-. The van der Waals surface area contributed by atoms with Crippen molar-refractivity contribution < 1.29 is 0 Å². The average molecular weight is 368 g/mol. The molecule has 3 rings (SSSR count). The van der Waals surface area contributed by atoms with Crippen molar-refractivity contribution >= 4 is 46.3 Å². The van der Waals surface area contributed by atoms with Crippen LogP contribution in [0.15, 0.2) is 69.8 Å². The fourth-order valence-corrected chi connectivity index (χ4v) is 4.33. The van der Waals surface area contributed by atoms with Crippen molar-refractivity contribution in [2.24, 2.45) is 0 Å². The Bertz CT molecular complexity index is 900. The van der Waals surface area contributed by atoms with E-state index in [1.165, 1.54) is 9.77 Å². The minimum Gasteiger partial charge on any atom is -0.192 e. The van der Waals surface area contributed by atoms with Crippen LogP contribution < -0.4 is 0 Å². The fraction of sp³-hybridized carbons (Fsp3) is 0.0500. The predicted octanol–water partition coefficient (Wildman–Crippen LogP) is 6.93. The molecule has 1 aromatic heterocycles. The third-order valence-electron chi connectivity index (χ3n) is 3.40. The Balaban J connectivity index is 1.80. The second-order valence-corrected chi connectivity index (χ2v) is 8.17. The van der Waals surface area contributed by atoms with E-state index in [4.69, 9.17) is 11.6 Å². The second kappa shape index (κ2) is 7.72. The first kappa shape index (κ1) is 16.9. The van der Waals surface area contributed by atoms with Crippen LogP contribution in [0, 0.1) is 18.3 Å². The molecule has 0 amide bonds. The fourth-order valence-electron chi connectivity index (χ4n) is 2.14. The molecular formula is C20H14ClNS2.